The number of nitrogens with two attached hydrogens (primary N) is 1. The van der Waals surface area contributed by atoms with Crippen LogP contribution in [-0.4, -0.2) is 50.2 Å². The fourth-order valence-electron chi connectivity index (χ4n) is 1.05. The van der Waals surface area contributed by atoms with Crippen molar-refractivity contribution in [3.8, 4) is 0 Å². The van der Waals surface area contributed by atoms with Crippen LogP contribution in [0.15, 0.2) is 0 Å². The van der Waals surface area contributed by atoms with E-state index in [4.69, 9.17) is 31.0 Å². The van der Waals surface area contributed by atoms with Crippen molar-refractivity contribution in [1.29, 1.82) is 0 Å². The summed E-state index contributed by atoms with van der Waals surface area (Å²) >= 11 is 0. The van der Waals surface area contributed by atoms with Crippen molar-refractivity contribution < 1.29 is 25.2 Å². The number of hydrogen-bond acceptors (Lipinski definition) is 5. The molecule has 3 unspecified atom stereocenters. The Kier molecular flexibility index (Phi) is 7.51. The zero-order chi connectivity index (χ0) is 12.8. The van der Waals surface area contributed by atoms with Crippen molar-refractivity contribution in [2.24, 2.45) is 5.73 Å². The van der Waals surface area contributed by atoms with Crippen LogP contribution in [0.4, 0.5) is 0 Å². The van der Waals surface area contributed by atoms with Gasteiger partial charge in [-0.25, -0.2) is 0 Å². The van der Waals surface area contributed by atoms with Gasteiger partial charge < -0.3 is 26.2 Å². The summed E-state index contributed by atoms with van der Waals surface area (Å²) in [5, 5.41) is 34.9. The fraction of sp³-hybridized carbons (Fsp3) is 0.889. The third-order valence-electron chi connectivity index (χ3n) is 2.17. The Bertz CT molecular complexity index is 165. The number of carboxylic acids is 1. The Balaban J connectivity index is 0. The van der Waals surface area contributed by atoms with Crippen LogP contribution in [0.5, 0.6) is 0 Å². The first-order valence-electron chi connectivity index (χ1n) is 4.59. The molecule has 0 aromatic rings. The highest BCUT2D eigenvalue weighted by molar-refractivity contribution is 5.62. The van der Waals surface area contributed by atoms with Gasteiger partial charge in [0.25, 0.3) is 5.97 Å². The summed E-state index contributed by atoms with van der Waals surface area (Å²) in [5.74, 6) is -0.833. The Hall–Kier alpha value is -0.690. The summed E-state index contributed by atoms with van der Waals surface area (Å²) in [6, 6.07) is 0. The van der Waals surface area contributed by atoms with E-state index in [1.807, 2.05) is 0 Å². The second kappa shape index (κ2) is 6.73. The zero-order valence-electron chi connectivity index (χ0n) is 9.51. The average Bonchev–Trinajstić information content (AvgIpc) is 2.00. The fourth-order valence-corrected chi connectivity index (χ4v) is 1.05. The molecule has 0 saturated heterocycles. The number of rotatable bonds is 3. The number of aliphatic hydroxyl groups excluding tert-OH is 3. The molecule has 15 heavy (non-hydrogen) atoms. The summed E-state index contributed by atoms with van der Waals surface area (Å²) in [6.45, 7) is 5.42. The molecule has 0 aliphatic rings. The van der Waals surface area contributed by atoms with Crippen LogP contribution >= 0.6 is 0 Å². The van der Waals surface area contributed by atoms with Gasteiger partial charge in [-0.1, -0.05) is 0 Å². The lowest BCUT2D eigenvalue weighted by Gasteiger charge is -2.37. The van der Waals surface area contributed by atoms with Crippen LogP contribution in [0.2, 0.25) is 0 Å². The van der Waals surface area contributed by atoms with Gasteiger partial charge in [0.2, 0.25) is 0 Å². The van der Waals surface area contributed by atoms with Crippen molar-refractivity contribution in [2.45, 2.75) is 51.5 Å². The van der Waals surface area contributed by atoms with Crippen molar-refractivity contribution >= 4 is 5.97 Å². The van der Waals surface area contributed by atoms with Gasteiger partial charge in [-0.3, -0.25) is 4.79 Å². The Morgan fingerprint density at radius 3 is 1.20 bits per heavy atom. The van der Waals surface area contributed by atoms with E-state index in [9.17, 15) is 0 Å². The molecule has 0 rings (SSSR count). The van der Waals surface area contributed by atoms with Gasteiger partial charge in [-0.2, -0.15) is 0 Å². The topological polar surface area (TPSA) is 124 Å². The highest BCUT2D eigenvalue weighted by Crippen LogP contribution is 2.17. The maximum Gasteiger partial charge on any atom is 0.300 e. The number of carbonyl (C=O) groups is 1. The SMILES string of the molecule is CC(=O)O.CC(O)C(N)(C(C)O)C(C)O. The predicted molar refractivity (Wildman–Crippen MR) is 55.3 cm³/mol. The van der Waals surface area contributed by atoms with Gasteiger partial charge in [0, 0.05) is 6.92 Å². The van der Waals surface area contributed by atoms with Crippen LogP contribution in [0, 0.1) is 0 Å². The van der Waals surface area contributed by atoms with Crippen molar-refractivity contribution in [1.82, 2.24) is 0 Å². The van der Waals surface area contributed by atoms with E-state index in [0.717, 1.165) is 6.92 Å². The molecule has 0 radical (unpaired) electrons. The smallest absolute Gasteiger partial charge is 0.300 e. The molecule has 0 amide bonds. The lowest BCUT2D eigenvalue weighted by atomic mass is 9.84. The molecule has 0 fully saturated rings. The monoisotopic (exact) mass is 223 g/mol. The Morgan fingerprint density at radius 2 is 1.20 bits per heavy atom. The Labute approximate surface area is 89.3 Å². The minimum Gasteiger partial charge on any atom is -0.481 e. The first kappa shape index (κ1) is 16.7. The first-order valence-corrected chi connectivity index (χ1v) is 4.59. The second-order valence-corrected chi connectivity index (χ2v) is 3.55. The van der Waals surface area contributed by atoms with Crippen LogP contribution in [-0.2, 0) is 4.79 Å². The van der Waals surface area contributed by atoms with E-state index in [1.54, 1.807) is 0 Å². The summed E-state index contributed by atoms with van der Waals surface area (Å²) in [5.41, 5.74) is 4.24. The third kappa shape index (κ3) is 5.68. The quantitative estimate of drug-likeness (QED) is 0.414. The second-order valence-electron chi connectivity index (χ2n) is 3.55. The predicted octanol–water partition coefficient (Wildman–Crippen LogP) is -1.08. The molecule has 0 spiro atoms. The number of aliphatic carboxylic acids is 1. The van der Waals surface area contributed by atoms with Gasteiger partial charge in [-0.05, 0) is 20.8 Å². The molecule has 0 aromatic carbocycles. The molecular weight excluding hydrogens is 202 g/mol. The van der Waals surface area contributed by atoms with Gasteiger partial charge in [0.1, 0.15) is 0 Å². The molecule has 0 heterocycles. The number of carboxylic acid groups (broad SMARTS) is 1. The van der Waals surface area contributed by atoms with Gasteiger partial charge in [-0.15, -0.1) is 0 Å². The van der Waals surface area contributed by atoms with Crippen LogP contribution < -0.4 is 5.73 Å². The minimum absolute atomic E-state index is 0.833. The van der Waals surface area contributed by atoms with Gasteiger partial charge in [0.15, 0.2) is 0 Å². The van der Waals surface area contributed by atoms with Crippen LogP contribution in [0.25, 0.3) is 0 Å². The molecule has 0 aliphatic heterocycles. The molecule has 0 saturated carbocycles. The van der Waals surface area contributed by atoms with Crippen LogP contribution in [0.3, 0.4) is 0 Å². The zero-order valence-corrected chi connectivity index (χ0v) is 9.51. The summed E-state index contributed by atoms with van der Waals surface area (Å²) in [7, 11) is 0. The molecule has 6 heteroatoms. The van der Waals surface area contributed by atoms with E-state index in [0.29, 0.717) is 0 Å². The van der Waals surface area contributed by atoms with Crippen molar-refractivity contribution in [2.75, 3.05) is 0 Å². The molecule has 0 bridgehead atoms. The highest BCUT2D eigenvalue weighted by atomic mass is 16.4. The molecule has 92 valence electrons. The molecule has 0 aliphatic carbocycles. The molecule has 6 nitrogen and oxygen atoms in total. The third-order valence-corrected chi connectivity index (χ3v) is 2.17. The standard InChI is InChI=1S/C7H17NO3.C2H4O2/c1-4(9)7(8,5(2)10)6(3)11;1-2(3)4/h4-6,9-11H,8H2,1-3H3;1H3,(H,3,4). The van der Waals surface area contributed by atoms with E-state index >= 15 is 0 Å². The summed E-state index contributed by atoms with van der Waals surface area (Å²) < 4.78 is 0. The van der Waals surface area contributed by atoms with E-state index < -0.39 is 29.8 Å². The van der Waals surface area contributed by atoms with Gasteiger partial charge >= 0.3 is 0 Å². The Morgan fingerprint density at radius 1 is 1.07 bits per heavy atom. The lowest BCUT2D eigenvalue weighted by Crippen LogP contribution is -2.64. The summed E-state index contributed by atoms with van der Waals surface area (Å²) in [4.78, 5) is 9.00. The molecule has 0 aromatic heterocycles. The van der Waals surface area contributed by atoms with E-state index in [-0.39, 0.29) is 0 Å². The van der Waals surface area contributed by atoms with Gasteiger partial charge in [0.05, 0.1) is 23.9 Å². The number of hydrogen-bond donors (Lipinski definition) is 5. The lowest BCUT2D eigenvalue weighted by molar-refractivity contribution is -0.134. The van der Waals surface area contributed by atoms with Crippen molar-refractivity contribution in [3.63, 3.8) is 0 Å². The van der Waals surface area contributed by atoms with E-state index in [1.165, 1.54) is 20.8 Å². The number of aliphatic hydroxyl groups is 3. The van der Waals surface area contributed by atoms with Crippen molar-refractivity contribution in [3.05, 3.63) is 0 Å². The maximum absolute atomic E-state index is 9.17. The molecule has 3 atom stereocenters. The minimum atomic E-state index is -1.33. The largest absolute Gasteiger partial charge is 0.481 e. The van der Waals surface area contributed by atoms with Crippen LogP contribution in [0.1, 0.15) is 27.7 Å². The molecular formula is C9H21NO5. The maximum atomic E-state index is 9.17. The normalized spacial score (nSPS) is 20.3. The average molecular weight is 223 g/mol. The van der Waals surface area contributed by atoms with E-state index in [2.05, 4.69) is 0 Å². The highest BCUT2D eigenvalue weighted by Gasteiger charge is 2.40. The first-order chi connectivity index (χ1) is 6.56. The molecule has 6 N–H and O–H groups in total. The summed E-state index contributed by atoms with van der Waals surface area (Å²) in [6.07, 6.45) is -2.83.